The molecule has 3 amide bonds. The molecule has 6 atom stereocenters. The van der Waals surface area contributed by atoms with Crippen LogP contribution in [-0.2, 0) is 52.8 Å². The highest BCUT2D eigenvalue weighted by Gasteiger charge is 2.42. The highest BCUT2D eigenvalue weighted by Crippen LogP contribution is 2.42. The molecule has 3 aromatic carbocycles. The SMILES string of the molecule is CCn1c(-c2cccnc2[C@H](C)OC)c2c3cc(ccc31)-c1cccc(c1)C[C@H](NC(=O)C(C(C)C)N(C)C(=O)[C@H]1OCC[C@H]1c1ccccc1)C(=O)N1CCC[C@H](N1)C(=O)OCC(C)(C)C2. The minimum atomic E-state index is -1.04. The normalized spacial score (nSPS) is 22.0. The predicted molar refractivity (Wildman–Crippen MR) is 259 cm³/mol. The summed E-state index contributed by atoms with van der Waals surface area (Å²) >= 11 is 0. The number of nitrogens with zero attached hydrogens (tertiary/aromatic N) is 4. The van der Waals surface area contributed by atoms with Crippen molar-refractivity contribution in [3.8, 4) is 22.4 Å². The lowest BCUT2D eigenvalue weighted by atomic mass is 9.84. The van der Waals surface area contributed by atoms with E-state index in [0.717, 1.165) is 55.7 Å². The summed E-state index contributed by atoms with van der Waals surface area (Å²) in [5.74, 6) is -1.98. The second-order valence-corrected chi connectivity index (χ2v) is 19.6. The van der Waals surface area contributed by atoms with Gasteiger partial charge in [0.2, 0.25) is 5.91 Å². The van der Waals surface area contributed by atoms with Crippen LogP contribution >= 0.6 is 0 Å². The first kappa shape index (κ1) is 47.6. The molecule has 0 radical (unpaired) electrons. The maximum absolute atomic E-state index is 14.8. The quantitative estimate of drug-likeness (QED) is 0.134. The number of methoxy groups -OCH3 is 1. The molecule has 0 saturated carbocycles. The van der Waals surface area contributed by atoms with E-state index in [1.54, 1.807) is 20.4 Å². The molecule has 2 saturated heterocycles. The number of aromatic nitrogens is 2. The molecule has 0 aliphatic carbocycles. The second-order valence-electron chi connectivity index (χ2n) is 19.6. The number of rotatable bonds is 10. The third kappa shape index (κ3) is 9.91. The lowest BCUT2D eigenvalue weighted by Gasteiger charge is -2.37. The molecule has 5 heterocycles. The second kappa shape index (κ2) is 20.1. The fraction of sp³-hybridized carbons (Fsp3) is 0.463. The minimum Gasteiger partial charge on any atom is -0.464 e. The molecule has 354 valence electrons. The van der Waals surface area contributed by atoms with Crippen molar-refractivity contribution in [2.45, 2.75) is 116 Å². The smallest absolute Gasteiger partial charge is 0.324 e. The maximum Gasteiger partial charge on any atom is 0.324 e. The maximum atomic E-state index is 14.8. The van der Waals surface area contributed by atoms with E-state index in [1.165, 1.54) is 9.91 Å². The van der Waals surface area contributed by atoms with E-state index in [2.05, 4.69) is 72.5 Å². The highest BCUT2D eigenvalue weighted by molar-refractivity contribution is 5.96. The molecule has 2 N–H and O–H groups in total. The van der Waals surface area contributed by atoms with Gasteiger partial charge in [-0.2, -0.15) is 0 Å². The van der Waals surface area contributed by atoms with Gasteiger partial charge in [-0.1, -0.05) is 88.4 Å². The number of cyclic esters (lactones) is 1. The molecule has 3 aliphatic rings. The number of aryl methyl sites for hydroxylation is 1. The van der Waals surface area contributed by atoms with Crippen molar-refractivity contribution < 1.29 is 33.4 Å². The summed E-state index contributed by atoms with van der Waals surface area (Å²) in [5, 5.41) is 5.65. The van der Waals surface area contributed by atoms with Crippen LogP contribution in [0.3, 0.4) is 0 Å². The van der Waals surface area contributed by atoms with Crippen LogP contribution in [0.1, 0.15) is 95.2 Å². The molecule has 13 heteroatoms. The monoisotopic (exact) mass is 910 g/mol. The number of pyridine rings is 1. The van der Waals surface area contributed by atoms with Crippen LogP contribution < -0.4 is 10.7 Å². The number of carbonyl (C=O) groups excluding carboxylic acids is 4. The molecule has 5 aromatic rings. The van der Waals surface area contributed by atoms with E-state index < -0.39 is 41.5 Å². The van der Waals surface area contributed by atoms with E-state index in [0.29, 0.717) is 45.4 Å². The lowest BCUT2D eigenvalue weighted by molar-refractivity contribution is -0.155. The number of amides is 3. The van der Waals surface area contributed by atoms with Gasteiger partial charge in [0, 0.05) is 74.3 Å². The first-order valence-electron chi connectivity index (χ1n) is 23.9. The lowest BCUT2D eigenvalue weighted by Crippen LogP contribution is -2.62. The van der Waals surface area contributed by atoms with Crippen LogP contribution in [0.2, 0.25) is 0 Å². The number of hydrazine groups is 1. The predicted octanol–water partition coefficient (Wildman–Crippen LogP) is 7.80. The zero-order valence-electron chi connectivity index (χ0n) is 40.2. The Morgan fingerprint density at radius 3 is 2.51 bits per heavy atom. The van der Waals surface area contributed by atoms with Gasteiger partial charge in [0.15, 0.2) is 0 Å². The van der Waals surface area contributed by atoms with Crippen LogP contribution in [0.15, 0.2) is 91.1 Å². The fourth-order valence-electron chi connectivity index (χ4n) is 10.4. The first-order valence-corrected chi connectivity index (χ1v) is 23.9. The molecular weight excluding hydrogens is 845 g/mol. The number of esters is 1. The molecule has 13 nitrogen and oxygen atoms in total. The molecule has 3 aliphatic heterocycles. The Hall–Kier alpha value is -5.89. The van der Waals surface area contributed by atoms with Gasteiger partial charge in [-0.25, -0.2) is 5.43 Å². The number of benzene rings is 3. The zero-order valence-corrected chi connectivity index (χ0v) is 40.2. The van der Waals surface area contributed by atoms with E-state index in [1.807, 2.05) is 69.3 Å². The summed E-state index contributed by atoms with van der Waals surface area (Å²) in [5.41, 5.74) is 11.6. The summed E-state index contributed by atoms with van der Waals surface area (Å²) in [6.07, 6.45) is 3.31. The Morgan fingerprint density at radius 1 is 0.985 bits per heavy atom. The Morgan fingerprint density at radius 2 is 1.76 bits per heavy atom. The summed E-state index contributed by atoms with van der Waals surface area (Å²) in [6.45, 7) is 13.8. The Balaban J connectivity index is 1.18. The molecular formula is C54H66N6O7. The van der Waals surface area contributed by atoms with Crippen molar-refractivity contribution in [2.75, 3.05) is 33.9 Å². The van der Waals surface area contributed by atoms with Gasteiger partial charge in [-0.05, 0) is 97.5 Å². The van der Waals surface area contributed by atoms with Gasteiger partial charge >= 0.3 is 5.97 Å². The molecule has 1 unspecified atom stereocenters. The minimum absolute atomic E-state index is 0.141. The number of nitrogens with one attached hydrogen (secondary N) is 2. The molecule has 2 aromatic heterocycles. The molecule has 6 bridgehead atoms. The highest BCUT2D eigenvalue weighted by atomic mass is 16.5. The van der Waals surface area contributed by atoms with Gasteiger partial charge in [0.05, 0.1) is 24.1 Å². The van der Waals surface area contributed by atoms with Gasteiger partial charge < -0.3 is 29.0 Å². The molecule has 0 spiro atoms. The summed E-state index contributed by atoms with van der Waals surface area (Å²) in [6, 6.07) is 25.9. The van der Waals surface area contributed by atoms with Crippen molar-refractivity contribution in [1.29, 1.82) is 0 Å². The average Bonchev–Trinajstić information content (AvgIpc) is 3.95. The first-order chi connectivity index (χ1) is 32.2. The van der Waals surface area contributed by atoms with Crippen LogP contribution in [0.4, 0.5) is 0 Å². The Kier molecular flexibility index (Phi) is 14.3. The molecule has 8 rings (SSSR count). The van der Waals surface area contributed by atoms with Crippen LogP contribution in [-0.4, -0.2) is 101 Å². The van der Waals surface area contributed by atoms with Gasteiger partial charge in [-0.3, -0.25) is 29.2 Å². The number of hydrogen-bond donors (Lipinski definition) is 2. The summed E-state index contributed by atoms with van der Waals surface area (Å²) in [4.78, 5) is 64.0. The van der Waals surface area contributed by atoms with Crippen molar-refractivity contribution >= 4 is 34.6 Å². The van der Waals surface area contributed by atoms with E-state index in [4.69, 9.17) is 19.2 Å². The van der Waals surface area contributed by atoms with E-state index >= 15 is 0 Å². The molecule has 67 heavy (non-hydrogen) atoms. The number of carbonyl (C=O) groups is 4. The van der Waals surface area contributed by atoms with Gasteiger partial charge in [-0.15, -0.1) is 0 Å². The number of hydrogen-bond acceptors (Lipinski definition) is 9. The third-order valence-corrected chi connectivity index (χ3v) is 13.9. The zero-order chi connectivity index (χ0) is 47.6. The standard InChI is InChI=1S/C54H66N6O7/c1-9-59-45-23-22-38-30-41(45)42(48(59)40-20-14-25-55-46(40)34(4)65-8)31-54(5,6)32-67-53(64)43-21-15-26-60(57-43)51(62)44(29-35-16-13-19-37(38)28-35)56-50(61)47(33(2)3)58(7)52(63)49-39(24-27-66-49)36-17-11-10-12-18-36/h10-14,16-20,22-23,25,28,30,33-34,39,43-44,47,49,57H,9,15,21,24,26-27,29,31-32H2,1-8H3,(H,56,61)/t34-,39-,43-,44-,47?,49-/m0/s1. The van der Waals surface area contributed by atoms with E-state index in [9.17, 15) is 19.2 Å². The van der Waals surface area contributed by atoms with Crippen LogP contribution in [0.25, 0.3) is 33.3 Å². The van der Waals surface area contributed by atoms with E-state index in [-0.39, 0.29) is 42.8 Å². The van der Waals surface area contributed by atoms with Crippen LogP contribution in [0, 0.1) is 11.3 Å². The van der Waals surface area contributed by atoms with Crippen molar-refractivity contribution in [1.82, 2.24) is 30.2 Å². The largest absolute Gasteiger partial charge is 0.464 e. The van der Waals surface area contributed by atoms with Crippen LogP contribution in [0.5, 0.6) is 0 Å². The third-order valence-electron chi connectivity index (χ3n) is 13.9. The average molecular weight is 911 g/mol. The van der Waals surface area contributed by atoms with Gasteiger partial charge in [0.1, 0.15) is 24.2 Å². The van der Waals surface area contributed by atoms with Crippen molar-refractivity contribution in [3.05, 3.63) is 114 Å². The number of fused-ring (bicyclic) bond motifs is 6. The molecule has 2 fully saturated rings. The fourth-order valence-corrected chi connectivity index (χ4v) is 10.4. The van der Waals surface area contributed by atoms with Crippen molar-refractivity contribution in [3.63, 3.8) is 0 Å². The van der Waals surface area contributed by atoms with Gasteiger partial charge in [0.25, 0.3) is 11.8 Å². The Labute approximate surface area is 394 Å². The summed E-state index contributed by atoms with van der Waals surface area (Å²) < 4.78 is 20.4. The van der Waals surface area contributed by atoms with Crippen molar-refractivity contribution in [2.24, 2.45) is 11.3 Å². The topological polar surface area (TPSA) is 144 Å². The summed E-state index contributed by atoms with van der Waals surface area (Å²) in [7, 11) is 3.34. The number of ether oxygens (including phenoxy) is 3. The Bertz CT molecular complexity index is 2610. The number of likely N-dealkylation sites (N-methyl/N-ethyl adjacent to an activating group) is 1.